The third-order valence-electron chi connectivity index (χ3n) is 6.20. The van der Waals surface area contributed by atoms with E-state index in [2.05, 4.69) is 40.5 Å². The van der Waals surface area contributed by atoms with E-state index >= 15 is 0 Å². The van der Waals surface area contributed by atoms with Gasteiger partial charge in [0.2, 0.25) is 0 Å². The average Bonchev–Trinajstić information content (AvgIpc) is 3.65. The minimum Gasteiger partial charge on any atom is -0.382 e. The third kappa shape index (κ3) is 6.01. The summed E-state index contributed by atoms with van der Waals surface area (Å²) in [5.41, 5.74) is 3.34. The van der Waals surface area contributed by atoms with E-state index < -0.39 is 0 Å². The minimum absolute atomic E-state index is 0.188. The van der Waals surface area contributed by atoms with Crippen LogP contribution < -0.4 is 10.2 Å². The summed E-state index contributed by atoms with van der Waals surface area (Å²) in [5, 5.41) is 3.44. The SMILES string of the molecule is O=C(c1ccc(NC2CC2)cc1)N1CCCCC1.c1ccc(N2CCCCC2)cc1. The Morgan fingerprint density at radius 1 is 0.733 bits per heavy atom. The summed E-state index contributed by atoms with van der Waals surface area (Å²) in [6.45, 7) is 4.32. The molecule has 0 unspecified atom stereocenters. The van der Waals surface area contributed by atoms with Crippen LogP contribution in [0.3, 0.4) is 0 Å². The lowest BCUT2D eigenvalue weighted by atomic mass is 10.1. The molecule has 30 heavy (non-hydrogen) atoms. The van der Waals surface area contributed by atoms with E-state index in [9.17, 15) is 4.79 Å². The van der Waals surface area contributed by atoms with Gasteiger partial charge in [-0.1, -0.05) is 18.2 Å². The van der Waals surface area contributed by atoms with Crippen LogP contribution in [0.25, 0.3) is 0 Å². The minimum atomic E-state index is 0.188. The summed E-state index contributed by atoms with van der Waals surface area (Å²) in [6.07, 6.45) is 10.2. The van der Waals surface area contributed by atoms with Crippen molar-refractivity contribution in [2.24, 2.45) is 0 Å². The highest BCUT2D eigenvalue weighted by molar-refractivity contribution is 5.94. The fourth-order valence-corrected chi connectivity index (χ4v) is 4.24. The van der Waals surface area contributed by atoms with Crippen molar-refractivity contribution < 1.29 is 4.79 Å². The highest BCUT2D eigenvalue weighted by atomic mass is 16.2. The molecular weight excluding hydrogens is 370 g/mol. The molecule has 4 heteroatoms. The number of carbonyl (C=O) groups excluding carboxylic acids is 1. The molecule has 1 saturated carbocycles. The number of para-hydroxylation sites is 1. The lowest BCUT2D eigenvalue weighted by Crippen LogP contribution is -2.35. The monoisotopic (exact) mass is 405 g/mol. The number of carbonyl (C=O) groups is 1. The van der Waals surface area contributed by atoms with Gasteiger partial charge >= 0.3 is 0 Å². The van der Waals surface area contributed by atoms with Crippen molar-refractivity contribution in [3.8, 4) is 0 Å². The van der Waals surface area contributed by atoms with Crippen LogP contribution in [0, 0.1) is 0 Å². The molecule has 0 atom stereocenters. The van der Waals surface area contributed by atoms with Gasteiger partial charge in [-0.05, 0) is 87.8 Å². The molecule has 0 spiro atoms. The van der Waals surface area contributed by atoms with Crippen molar-refractivity contribution in [2.75, 3.05) is 36.4 Å². The molecule has 0 bridgehead atoms. The molecule has 1 N–H and O–H groups in total. The number of anilines is 2. The van der Waals surface area contributed by atoms with Gasteiger partial charge in [0.1, 0.15) is 0 Å². The van der Waals surface area contributed by atoms with Crippen LogP contribution in [-0.4, -0.2) is 43.0 Å². The van der Waals surface area contributed by atoms with Crippen molar-refractivity contribution in [1.82, 2.24) is 4.90 Å². The standard InChI is InChI=1S/C15H20N2O.C11H15N/c18-15(17-10-2-1-3-11-17)12-4-6-13(7-5-12)16-14-8-9-14;1-3-7-11(8-4-1)12-9-5-2-6-10-12/h4-7,14,16H,1-3,8-11H2;1,3-4,7-8H,2,5-6,9-10H2. The molecule has 1 aliphatic carbocycles. The predicted octanol–water partition coefficient (Wildman–Crippen LogP) is 5.56. The third-order valence-corrected chi connectivity index (χ3v) is 6.20. The van der Waals surface area contributed by atoms with Crippen LogP contribution in [0.2, 0.25) is 0 Å². The summed E-state index contributed by atoms with van der Waals surface area (Å²) < 4.78 is 0. The van der Waals surface area contributed by atoms with Gasteiger partial charge < -0.3 is 15.1 Å². The van der Waals surface area contributed by atoms with Crippen LogP contribution in [0.15, 0.2) is 54.6 Å². The number of piperidine rings is 2. The summed E-state index contributed by atoms with van der Waals surface area (Å²) in [7, 11) is 0. The van der Waals surface area contributed by atoms with Crippen molar-refractivity contribution in [3.05, 3.63) is 60.2 Å². The molecule has 5 rings (SSSR count). The number of amides is 1. The zero-order valence-electron chi connectivity index (χ0n) is 18.1. The Morgan fingerprint density at radius 3 is 1.93 bits per heavy atom. The first-order chi connectivity index (χ1) is 14.8. The summed E-state index contributed by atoms with van der Waals surface area (Å²) >= 11 is 0. The molecule has 0 aromatic heterocycles. The predicted molar refractivity (Wildman–Crippen MR) is 125 cm³/mol. The Kier molecular flexibility index (Phi) is 7.28. The van der Waals surface area contributed by atoms with E-state index in [4.69, 9.17) is 0 Å². The summed E-state index contributed by atoms with van der Waals surface area (Å²) in [6, 6.07) is 19.3. The normalized spacial score (nSPS) is 18.9. The van der Waals surface area contributed by atoms with Crippen molar-refractivity contribution >= 4 is 17.3 Å². The van der Waals surface area contributed by atoms with Gasteiger partial charge in [-0.2, -0.15) is 0 Å². The van der Waals surface area contributed by atoms with Crippen LogP contribution in [0.5, 0.6) is 0 Å². The summed E-state index contributed by atoms with van der Waals surface area (Å²) in [4.78, 5) is 16.7. The van der Waals surface area contributed by atoms with Crippen LogP contribution >= 0.6 is 0 Å². The Balaban J connectivity index is 0.000000158. The highest BCUT2D eigenvalue weighted by Crippen LogP contribution is 2.25. The first-order valence-corrected chi connectivity index (χ1v) is 11.8. The molecule has 3 fully saturated rings. The Hall–Kier alpha value is -2.49. The second-order valence-corrected chi connectivity index (χ2v) is 8.73. The van der Waals surface area contributed by atoms with E-state index in [0.29, 0.717) is 6.04 Å². The van der Waals surface area contributed by atoms with E-state index in [-0.39, 0.29) is 5.91 Å². The number of benzene rings is 2. The number of nitrogens with zero attached hydrogens (tertiary/aromatic N) is 2. The molecule has 2 aromatic rings. The van der Waals surface area contributed by atoms with Gasteiger partial charge in [0.05, 0.1) is 0 Å². The average molecular weight is 406 g/mol. The molecule has 2 saturated heterocycles. The molecule has 2 heterocycles. The van der Waals surface area contributed by atoms with E-state index in [1.165, 1.54) is 57.3 Å². The first kappa shape index (κ1) is 20.8. The van der Waals surface area contributed by atoms with Gasteiger partial charge in [0.15, 0.2) is 0 Å². The van der Waals surface area contributed by atoms with Gasteiger partial charge in [0.25, 0.3) is 5.91 Å². The quantitative estimate of drug-likeness (QED) is 0.723. The maximum Gasteiger partial charge on any atom is 0.253 e. The smallest absolute Gasteiger partial charge is 0.253 e. The Labute approximate surface area is 181 Å². The van der Waals surface area contributed by atoms with Crippen LogP contribution in [-0.2, 0) is 0 Å². The van der Waals surface area contributed by atoms with Gasteiger partial charge in [-0.15, -0.1) is 0 Å². The number of nitrogens with one attached hydrogen (secondary N) is 1. The van der Waals surface area contributed by atoms with Gasteiger partial charge in [-0.25, -0.2) is 0 Å². The second kappa shape index (κ2) is 10.5. The maximum absolute atomic E-state index is 12.3. The zero-order valence-corrected chi connectivity index (χ0v) is 18.1. The van der Waals surface area contributed by atoms with Crippen molar-refractivity contribution in [3.63, 3.8) is 0 Å². The number of rotatable bonds is 4. The highest BCUT2D eigenvalue weighted by Gasteiger charge is 2.21. The van der Waals surface area contributed by atoms with Crippen LogP contribution in [0.1, 0.15) is 61.7 Å². The Morgan fingerprint density at radius 2 is 1.33 bits per heavy atom. The molecule has 2 aliphatic heterocycles. The summed E-state index contributed by atoms with van der Waals surface area (Å²) in [5.74, 6) is 0.188. The molecule has 4 nitrogen and oxygen atoms in total. The van der Waals surface area contributed by atoms with Crippen molar-refractivity contribution in [2.45, 2.75) is 57.4 Å². The fraction of sp³-hybridized carbons (Fsp3) is 0.500. The topological polar surface area (TPSA) is 35.6 Å². The molecular formula is C26H35N3O. The molecule has 1 amide bonds. The number of hydrogen-bond acceptors (Lipinski definition) is 3. The van der Waals surface area contributed by atoms with Gasteiger partial charge in [0, 0.05) is 49.2 Å². The molecule has 0 radical (unpaired) electrons. The Bertz CT molecular complexity index is 774. The lowest BCUT2D eigenvalue weighted by molar-refractivity contribution is 0.0724. The van der Waals surface area contributed by atoms with Crippen molar-refractivity contribution in [1.29, 1.82) is 0 Å². The number of likely N-dealkylation sites (tertiary alicyclic amines) is 1. The molecule has 3 aliphatic rings. The maximum atomic E-state index is 12.3. The number of hydrogen-bond donors (Lipinski definition) is 1. The largest absolute Gasteiger partial charge is 0.382 e. The fourth-order valence-electron chi connectivity index (χ4n) is 4.24. The molecule has 2 aromatic carbocycles. The zero-order chi connectivity index (χ0) is 20.6. The van der Waals surface area contributed by atoms with Crippen LogP contribution in [0.4, 0.5) is 11.4 Å². The van der Waals surface area contributed by atoms with E-state index in [1.807, 2.05) is 29.2 Å². The van der Waals surface area contributed by atoms with E-state index in [1.54, 1.807) is 0 Å². The second-order valence-electron chi connectivity index (χ2n) is 8.73. The molecule has 160 valence electrons. The lowest BCUT2D eigenvalue weighted by Gasteiger charge is -2.28. The van der Waals surface area contributed by atoms with Gasteiger partial charge in [-0.3, -0.25) is 4.79 Å². The first-order valence-electron chi connectivity index (χ1n) is 11.8. The van der Waals surface area contributed by atoms with E-state index in [0.717, 1.165) is 37.2 Å².